The number of carbonyl (C=O) groups excluding carboxylic acids is 3. The Labute approximate surface area is 395 Å². The Balaban J connectivity index is 1.13. The third kappa shape index (κ3) is 8.88. The third-order valence-corrected chi connectivity index (χ3v) is 14.5. The van der Waals surface area contributed by atoms with E-state index in [1.807, 2.05) is 39.8 Å². The van der Waals surface area contributed by atoms with E-state index in [2.05, 4.69) is 82.7 Å². The minimum absolute atomic E-state index is 0.0462. The van der Waals surface area contributed by atoms with Crippen molar-refractivity contribution in [2.45, 2.75) is 129 Å². The van der Waals surface area contributed by atoms with Crippen LogP contribution in [0.15, 0.2) is 48.5 Å². The Morgan fingerprint density at radius 2 is 1.15 bits per heavy atom. The van der Waals surface area contributed by atoms with Crippen LogP contribution in [0.1, 0.15) is 139 Å². The van der Waals surface area contributed by atoms with Gasteiger partial charge in [-0.25, -0.2) is 19.6 Å². The van der Waals surface area contributed by atoms with Gasteiger partial charge in [0.25, 0.3) is 0 Å². The number of aromatic amines is 2. The molecule has 0 unspecified atom stereocenters. The SMILES string of the molecule is COC(=O)N[C@H](C(=O)N1CCC[C@H]1c1nc2c(Cl)c([C@@H]3CC[C@H](c4ccc5[nH]c([C@@H]6CCCN6C(=O)[C@@H](NC(=O)O)C(C)C)nc5c4Cl)N3c3ccc(C(C)(C)C)cc3)ccc2[nH]1)C(C)C. The number of nitrogens with one attached hydrogen (secondary N) is 4. The van der Waals surface area contributed by atoms with Crippen LogP contribution in [0.3, 0.4) is 0 Å². The number of alkyl carbamates (subject to hydrolysis) is 1. The Morgan fingerprint density at radius 3 is 1.56 bits per heavy atom. The minimum Gasteiger partial charge on any atom is -0.465 e. The number of nitrogens with zero attached hydrogens (tertiary/aromatic N) is 5. The Kier molecular flexibility index (Phi) is 13.3. The highest BCUT2D eigenvalue weighted by Gasteiger charge is 2.42. The molecule has 3 aromatic carbocycles. The Hall–Kier alpha value is -5.54. The number of imidazole rings is 2. The zero-order valence-electron chi connectivity index (χ0n) is 38.9. The van der Waals surface area contributed by atoms with Crippen LogP contribution >= 0.6 is 23.2 Å². The number of carbonyl (C=O) groups is 4. The fraction of sp³-hybridized carbons (Fsp3) is 0.510. The van der Waals surface area contributed by atoms with Gasteiger partial charge >= 0.3 is 12.2 Å². The summed E-state index contributed by atoms with van der Waals surface area (Å²) in [6, 6.07) is 14.2. The molecule has 0 bridgehead atoms. The first-order chi connectivity index (χ1) is 31.4. The molecule has 66 heavy (non-hydrogen) atoms. The zero-order chi connectivity index (χ0) is 47.4. The maximum atomic E-state index is 13.9. The van der Waals surface area contributed by atoms with Crippen molar-refractivity contribution in [1.29, 1.82) is 0 Å². The van der Waals surface area contributed by atoms with E-state index >= 15 is 0 Å². The second-order valence-corrected chi connectivity index (χ2v) is 20.5. The Bertz CT molecular complexity index is 2640. The number of rotatable bonds is 11. The Morgan fingerprint density at radius 1 is 0.697 bits per heavy atom. The molecule has 17 heteroatoms. The van der Waals surface area contributed by atoms with Gasteiger partial charge in [-0.15, -0.1) is 0 Å². The number of amides is 4. The number of methoxy groups -OCH3 is 1. The molecule has 2 aromatic heterocycles. The van der Waals surface area contributed by atoms with E-state index in [9.17, 15) is 24.3 Å². The molecule has 0 spiro atoms. The van der Waals surface area contributed by atoms with Gasteiger partial charge in [0.1, 0.15) is 34.8 Å². The highest BCUT2D eigenvalue weighted by atomic mass is 35.5. The molecule has 6 atom stereocenters. The number of hydrogen-bond acceptors (Lipinski definition) is 8. The van der Waals surface area contributed by atoms with Crippen LogP contribution < -0.4 is 15.5 Å². The number of ether oxygens (including phenoxy) is 1. The van der Waals surface area contributed by atoms with Crippen molar-refractivity contribution in [1.82, 2.24) is 40.4 Å². The van der Waals surface area contributed by atoms with Gasteiger partial charge in [-0.05, 0) is 96.7 Å². The summed E-state index contributed by atoms with van der Waals surface area (Å²) < 4.78 is 4.82. The lowest BCUT2D eigenvalue weighted by molar-refractivity contribution is -0.136. The first kappa shape index (κ1) is 47.0. The van der Waals surface area contributed by atoms with E-state index in [-0.39, 0.29) is 53.2 Å². The van der Waals surface area contributed by atoms with Gasteiger partial charge in [0, 0.05) is 18.8 Å². The number of hydrogen-bond donors (Lipinski definition) is 5. The maximum absolute atomic E-state index is 13.9. The topological polar surface area (TPSA) is 189 Å². The monoisotopic (exact) mass is 941 g/mol. The molecular weight excluding hydrogens is 882 g/mol. The fourth-order valence-corrected chi connectivity index (χ4v) is 10.9. The summed E-state index contributed by atoms with van der Waals surface area (Å²) >= 11 is 14.9. The third-order valence-electron chi connectivity index (χ3n) is 13.7. The number of carboxylic acid groups (broad SMARTS) is 1. The lowest BCUT2D eigenvalue weighted by Gasteiger charge is -2.34. The summed E-state index contributed by atoms with van der Waals surface area (Å²) in [6.07, 6.45) is 2.60. The van der Waals surface area contributed by atoms with E-state index in [0.29, 0.717) is 58.7 Å². The number of H-pyrrole nitrogens is 2. The van der Waals surface area contributed by atoms with Crippen LogP contribution in [0, 0.1) is 11.8 Å². The van der Waals surface area contributed by atoms with E-state index in [4.69, 9.17) is 37.9 Å². The smallest absolute Gasteiger partial charge is 0.407 e. The summed E-state index contributed by atoms with van der Waals surface area (Å²) in [7, 11) is 1.28. The summed E-state index contributed by atoms with van der Waals surface area (Å²) in [4.78, 5) is 74.5. The standard InChI is InChI=1S/C49H61Cl2N9O6/c1-25(2)39(56-47(63)64)45(61)58-23-9-11-35(58)43-52-31-19-17-29(37(50)41(31)54-43)33-21-22-34(60(33)28-15-13-27(14-16-28)49(5,6)7)30-18-20-32-42(38(30)51)55-44(53-32)36-12-10-24-59(36)46(62)40(26(3)4)57-48(65)66-8/h13-20,25-26,33-36,39-40,56H,9-12,21-24H2,1-8H3,(H,52,54)(H,53,55)(H,57,65)(H,63,64)/t33-,34+,35+,36+,39+,40+/m1/s1. The number of likely N-dealkylation sites (tertiary alicyclic amines) is 2. The van der Waals surface area contributed by atoms with E-state index in [1.54, 1.807) is 9.80 Å². The molecule has 0 aliphatic carbocycles. The maximum Gasteiger partial charge on any atom is 0.407 e. The predicted octanol–water partition coefficient (Wildman–Crippen LogP) is 10.1. The second kappa shape index (κ2) is 18.6. The van der Waals surface area contributed by atoms with Crippen molar-refractivity contribution >= 4 is 75.0 Å². The molecule has 0 radical (unpaired) electrons. The number of fused-ring (bicyclic) bond motifs is 2. The van der Waals surface area contributed by atoms with Crippen molar-refractivity contribution in [3.05, 3.63) is 86.9 Å². The summed E-state index contributed by atoms with van der Waals surface area (Å²) in [6.45, 7) is 15.1. The molecule has 8 rings (SSSR count). The molecular formula is C49H61Cl2N9O6. The van der Waals surface area contributed by atoms with E-state index in [1.165, 1.54) is 12.7 Å². The molecule has 3 fully saturated rings. The highest BCUT2D eigenvalue weighted by molar-refractivity contribution is 6.36. The predicted molar refractivity (Wildman–Crippen MR) is 256 cm³/mol. The minimum atomic E-state index is -1.24. The lowest BCUT2D eigenvalue weighted by Crippen LogP contribution is -2.51. The summed E-state index contributed by atoms with van der Waals surface area (Å²) in [5.74, 6) is 0.425. The van der Waals surface area contributed by atoms with Gasteiger partial charge in [0.05, 0.1) is 52.4 Å². The quantitative estimate of drug-likeness (QED) is 0.0858. The van der Waals surface area contributed by atoms with Crippen molar-refractivity contribution < 1.29 is 29.0 Å². The van der Waals surface area contributed by atoms with Crippen molar-refractivity contribution in [3.63, 3.8) is 0 Å². The van der Waals surface area contributed by atoms with Crippen LogP contribution in [0.5, 0.6) is 0 Å². The molecule has 0 saturated carbocycles. The largest absolute Gasteiger partial charge is 0.465 e. The van der Waals surface area contributed by atoms with Gasteiger partial charge < -0.3 is 45.1 Å². The van der Waals surface area contributed by atoms with Gasteiger partial charge in [-0.3, -0.25) is 9.59 Å². The van der Waals surface area contributed by atoms with E-state index < -0.39 is 24.3 Å². The highest BCUT2D eigenvalue weighted by Crippen LogP contribution is 2.51. The van der Waals surface area contributed by atoms with Crippen LogP contribution in [-0.4, -0.2) is 91.1 Å². The number of benzene rings is 3. The molecule has 15 nitrogen and oxygen atoms in total. The summed E-state index contributed by atoms with van der Waals surface area (Å²) in [5.41, 5.74) is 6.79. The van der Waals surface area contributed by atoms with Crippen LogP contribution in [-0.2, 0) is 19.7 Å². The molecule has 3 saturated heterocycles. The van der Waals surface area contributed by atoms with Crippen molar-refractivity contribution in [2.24, 2.45) is 11.8 Å². The fourth-order valence-electron chi connectivity index (χ4n) is 10.2. The second-order valence-electron chi connectivity index (χ2n) is 19.7. The average Bonchev–Trinajstić information content (AvgIpc) is 4.13. The van der Waals surface area contributed by atoms with Gasteiger partial charge in [0.2, 0.25) is 11.8 Å². The van der Waals surface area contributed by atoms with Crippen LogP contribution in [0.2, 0.25) is 10.0 Å². The van der Waals surface area contributed by atoms with Crippen molar-refractivity contribution in [3.8, 4) is 0 Å². The molecule has 5 heterocycles. The molecule has 3 aliphatic heterocycles. The molecule has 352 valence electrons. The number of anilines is 1. The van der Waals surface area contributed by atoms with Gasteiger partial charge in [0.15, 0.2) is 0 Å². The molecule has 4 amide bonds. The molecule has 5 aromatic rings. The van der Waals surface area contributed by atoms with Gasteiger partial charge in [-0.1, -0.05) is 95.9 Å². The van der Waals surface area contributed by atoms with Crippen LogP contribution in [0.4, 0.5) is 15.3 Å². The summed E-state index contributed by atoms with van der Waals surface area (Å²) in [5, 5.41) is 15.7. The number of aromatic nitrogens is 4. The van der Waals surface area contributed by atoms with Crippen molar-refractivity contribution in [2.75, 3.05) is 25.1 Å². The lowest BCUT2D eigenvalue weighted by atomic mass is 9.87. The zero-order valence-corrected chi connectivity index (χ0v) is 40.4. The first-order valence-corrected chi connectivity index (χ1v) is 23.8. The average molecular weight is 943 g/mol. The first-order valence-electron chi connectivity index (χ1n) is 23.1. The van der Waals surface area contributed by atoms with Crippen LogP contribution in [0.25, 0.3) is 22.1 Å². The van der Waals surface area contributed by atoms with Gasteiger partial charge in [-0.2, -0.15) is 0 Å². The normalized spacial score (nSPS) is 21.1. The molecule has 5 N–H and O–H groups in total. The number of halogens is 2. The van der Waals surface area contributed by atoms with E-state index in [0.717, 1.165) is 53.5 Å². The molecule has 3 aliphatic rings.